The number of benzene rings is 2. The molecule has 1 heterocycles. The molecule has 3 aromatic rings. The van der Waals surface area contributed by atoms with Crippen LogP contribution in [0.5, 0.6) is 0 Å². The highest BCUT2D eigenvalue weighted by atomic mass is 35.5. The summed E-state index contributed by atoms with van der Waals surface area (Å²) in [5.41, 5.74) is 0.505. The number of hydrogen-bond acceptors (Lipinski definition) is 3. The van der Waals surface area contributed by atoms with Crippen LogP contribution in [0.15, 0.2) is 73.3 Å². The fourth-order valence-electron chi connectivity index (χ4n) is 2.40. The lowest BCUT2D eigenvalue weighted by atomic mass is 9.81. The van der Waals surface area contributed by atoms with Gasteiger partial charge in [-0.15, -0.1) is 0 Å². The lowest BCUT2D eigenvalue weighted by Crippen LogP contribution is -2.29. The highest BCUT2D eigenvalue weighted by Crippen LogP contribution is 2.39. The number of hydrogen-bond donors (Lipinski definition) is 1. The van der Waals surface area contributed by atoms with Gasteiger partial charge in [-0.1, -0.05) is 60.1 Å². The number of aromatic nitrogens is 2. The molecule has 4 heteroatoms. The van der Waals surface area contributed by atoms with E-state index < -0.39 is 5.60 Å². The Morgan fingerprint density at radius 3 is 2.10 bits per heavy atom. The normalized spacial score (nSPS) is 13.6. The van der Waals surface area contributed by atoms with Crippen LogP contribution in [0.4, 0.5) is 0 Å². The molecule has 0 saturated heterocycles. The zero-order valence-corrected chi connectivity index (χ0v) is 11.9. The van der Waals surface area contributed by atoms with E-state index in [0.717, 1.165) is 0 Å². The van der Waals surface area contributed by atoms with Crippen LogP contribution in [0, 0.1) is 0 Å². The molecule has 1 aromatic heterocycles. The first-order valence-electron chi connectivity index (χ1n) is 6.51. The summed E-state index contributed by atoms with van der Waals surface area (Å²) >= 11 is 6.31. The van der Waals surface area contributed by atoms with Gasteiger partial charge in [0.1, 0.15) is 11.9 Å². The maximum Gasteiger partial charge on any atom is 0.144 e. The largest absolute Gasteiger partial charge is 0.376 e. The van der Waals surface area contributed by atoms with Crippen molar-refractivity contribution in [3.05, 3.63) is 95.0 Å². The summed E-state index contributed by atoms with van der Waals surface area (Å²) in [6.07, 6.45) is 4.63. The zero-order chi connectivity index (χ0) is 14.7. The molecule has 2 aromatic carbocycles. The van der Waals surface area contributed by atoms with E-state index in [1.165, 1.54) is 6.33 Å². The molecule has 0 fully saturated rings. The van der Waals surface area contributed by atoms with Crippen molar-refractivity contribution < 1.29 is 5.11 Å². The summed E-state index contributed by atoms with van der Waals surface area (Å²) in [5, 5.41) is 11.9. The molecule has 0 bridgehead atoms. The Labute approximate surface area is 127 Å². The van der Waals surface area contributed by atoms with Crippen molar-refractivity contribution in [1.29, 1.82) is 0 Å². The van der Waals surface area contributed by atoms with Gasteiger partial charge in [0.25, 0.3) is 0 Å². The minimum absolute atomic E-state index is 0.493. The predicted molar refractivity (Wildman–Crippen MR) is 82.0 cm³/mol. The molecule has 0 saturated carbocycles. The molecule has 1 unspecified atom stereocenters. The molecule has 3 rings (SSSR count). The van der Waals surface area contributed by atoms with Gasteiger partial charge in [-0.3, -0.25) is 0 Å². The van der Waals surface area contributed by atoms with E-state index in [9.17, 15) is 5.11 Å². The van der Waals surface area contributed by atoms with Gasteiger partial charge in [-0.05, 0) is 11.6 Å². The fraction of sp³-hybridized carbons (Fsp3) is 0.0588. The van der Waals surface area contributed by atoms with Crippen molar-refractivity contribution in [1.82, 2.24) is 9.97 Å². The summed E-state index contributed by atoms with van der Waals surface area (Å²) in [6, 6.07) is 16.6. The standard InChI is InChI=1S/C17H13ClN2O/c18-16-9-5-4-8-15(16)17(21,13-6-2-1-3-7-13)14-10-19-12-20-11-14/h1-12,21H. The summed E-state index contributed by atoms with van der Waals surface area (Å²) in [7, 11) is 0. The smallest absolute Gasteiger partial charge is 0.144 e. The third-order valence-corrected chi connectivity index (χ3v) is 3.76. The molecule has 1 N–H and O–H groups in total. The molecule has 0 aliphatic rings. The fourth-order valence-corrected chi connectivity index (χ4v) is 2.67. The minimum atomic E-state index is -1.39. The van der Waals surface area contributed by atoms with Crippen molar-refractivity contribution >= 4 is 11.6 Å². The average molecular weight is 297 g/mol. The highest BCUT2D eigenvalue weighted by Gasteiger charge is 2.35. The summed E-state index contributed by atoms with van der Waals surface area (Å²) in [6.45, 7) is 0. The third-order valence-electron chi connectivity index (χ3n) is 3.43. The highest BCUT2D eigenvalue weighted by molar-refractivity contribution is 6.31. The molecular weight excluding hydrogens is 284 g/mol. The van der Waals surface area contributed by atoms with Gasteiger partial charge in [0, 0.05) is 28.5 Å². The van der Waals surface area contributed by atoms with Crippen LogP contribution in [-0.4, -0.2) is 15.1 Å². The maximum absolute atomic E-state index is 11.4. The van der Waals surface area contributed by atoms with Crippen LogP contribution in [0.1, 0.15) is 16.7 Å². The van der Waals surface area contributed by atoms with E-state index in [2.05, 4.69) is 9.97 Å². The first kappa shape index (κ1) is 13.7. The van der Waals surface area contributed by atoms with Gasteiger partial charge >= 0.3 is 0 Å². The van der Waals surface area contributed by atoms with Gasteiger partial charge in [0.15, 0.2) is 0 Å². The van der Waals surface area contributed by atoms with E-state index >= 15 is 0 Å². The van der Waals surface area contributed by atoms with E-state index in [4.69, 9.17) is 11.6 Å². The molecule has 0 spiro atoms. The van der Waals surface area contributed by atoms with Crippen molar-refractivity contribution in [2.45, 2.75) is 5.60 Å². The Morgan fingerprint density at radius 2 is 1.43 bits per heavy atom. The SMILES string of the molecule is OC(c1ccccc1)(c1cncnc1)c1ccccc1Cl. The van der Waals surface area contributed by atoms with Crippen LogP contribution < -0.4 is 0 Å². The topological polar surface area (TPSA) is 46.0 Å². The second kappa shape index (κ2) is 5.64. The van der Waals surface area contributed by atoms with Gasteiger partial charge in [-0.2, -0.15) is 0 Å². The molecule has 1 atom stereocenters. The Morgan fingerprint density at radius 1 is 0.810 bits per heavy atom. The molecule has 21 heavy (non-hydrogen) atoms. The number of halogens is 1. The third kappa shape index (κ3) is 2.42. The lowest BCUT2D eigenvalue weighted by Gasteiger charge is -2.30. The maximum atomic E-state index is 11.4. The van der Waals surface area contributed by atoms with Crippen LogP contribution >= 0.6 is 11.6 Å². The number of aliphatic hydroxyl groups is 1. The van der Waals surface area contributed by atoms with Gasteiger partial charge in [0.05, 0.1) is 0 Å². The Balaban J connectivity index is 2.29. The summed E-state index contributed by atoms with van der Waals surface area (Å²) in [5.74, 6) is 0. The van der Waals surface area contributed by atoms with Crippen molar-refractivity contribution in [3.63, 3.8) is 0 Å². The van der Waals surface area contributed by atoms with E-state index in [1.807, 2.05) is 48.5 Å². The van der Waals surface area contributed by atoms with Crippen LogP contribution in [0.25, 0.3) is 0 Å². The van der Waals surface area contributed by atoms with Crippen molar-refractivity contribution in [2.24, 2.45) is 0 Å². The Hall–Kier alpha value is -2.23. The van der Waals surface area contributed by atoms with Crippen molar-refractivity contribution in [3.8, 4) is 0 Å². The molecule has 0 amide bonds. The molecule has 0 radical (unpaired) electrons. The van der Waals surface area contributed by atoms with Gasteiger partial charge in [0.2, 0.25) is 0 Å². The zero-order valence-electron chi connectivity index (χ0n) is 11.1. The van der Waals surface area contributed by atoms with Crippen LogP contribution in [0.2, 0.25) is 5.02 Å². The van der Waals surface area contributed by atoms with E-state index in [-0.39, 0.29) is 0 Å². The lowest BCUT2D eigenvalue weighted by molar-refractivity contribution is 0.125. The molecule has 3 nitrogen and oxygen atoms in total. The number of nitrogens with zero attached hydrogens (tertiary/aromatic N) is 2. The summed E-state index contributed by atoms with van der Waals surface area (Å²) in [4.78, 5) is 8.03. The van der Waals surface area contributed by atoms with Gasteiger partial charge in [-0.25, -0.2) is 9.97 Å². The van der Waals surface area contributed by atoms with E-state index in [0.29, 0.717) is 21.7 Å². The predicted octanol–water partition coefficient (Wildman–Crippen LogP) is 3.41. The molecular formula is C17H13ClN2O. The van der Waals surface area contributed by atoms with Gasteiger partial charge < -0.3 is 5.11 Å². The monoisotopic (exact) mass is 296 g/mol. The first-order valence-corrected chi connectivity index (χ1v) is 6.89. The summed E-state index contributed by atoms with van der Waals surface area (Å²) < 4.78 is 0. The first-order chi connectivity index (χ1) is 10.2. The van der Waals surface area contributed by atoms with Crippen molar-refractivity contribution in [2.75, 3.05) is 0 Å². The molecule has 0 aliphatic carbocycles. The second-order valence-electron chi connectivity index (χ2n) is 4.68. The quantitative estimate of drug-likeness (QED) is 0.805. The number of rotatable bonds is 3. The Bertz CT molecular complexity index is 693. The van der Waals surface area contributed by atoms with E-state index in [1.54, 1.807) is 18.5 Å². The van der Waals surface area contributed by atoms with Crippen LogP contribution in [-0.2, 0) is 5.60 Å². The second-order valence-corrected chi connectivity index (χ2v) is 5.09. The van der Waals surface area contributed by atoms with Crippen LogP contribution in [0.3, 0.4) is 0 Å². The average Bonchev–Trinajstić information content (AvgIpc) is 2.56. The molecule has 104 valence electrons. The Kier molecular flexibility index (Phi) is 3.69. The minimum Gasteiger partial charge on any atom is -0.376 e. The molecule has 0 aliphatic heterocycles.